The van der Waals surface area contributed by atoms with Crippen LogP contribution < -0.4 is 5.32 Å². The molecule has 0 spiro atoms. The topological polar surface area (TPSA) is 80.9 Å². The summed E-state index contributed by atoms with van der Waals surface area (Å²) in [6.07, 6.45) is 4.31. The van der Waals surface area contributed by atoms with Crippen molar-refractivity contribution in [2.45, 2.75) is 31.6 Å². The number of halogens is 2. The average Bonchev–Trinajstić information content (AvgIpc) is 3.36. The number of thiazole rings is 1. The third-order valence-corrected chi connectivity index (χ3v) is 5.60. The minimum atomic E-state index is -0.448. The first-order chi connectivity index (χ1) is 12.6. The first-order valence-corrected chi connectivity index (χ1v) is 9.37. The van der Waals surface area contributed by atoms with Crippen LogP contribution in [-0.4, -0.2) is 20.9 Å². The molecule has 3 aromatic rings. The summed E-state index contributed by atoms with van der Waals surface area (Å²) in [5.74, 6) is -0.0238. The molecule has 6 nitrogen and oxygen atoms in total. The molecule has 9 heteroatoms. The molecule has 0 unspecified atom stereocenters. The van der Waals surface area contributed by atoms with E-state index in [0.29, 0.717) is 16.6 Å². The Hall–Kier alpha value is -2.32. The van der Waals surface area contributed by atoms with Crippen LogP contribution in [0.3, 0.4) is 0 Å². The monoisotopic (exact) mass is 392 g/mol. The van der Waals surface area contributed by atoms with Gasteiger partial charge in [0.15, 0.2) is 16.1 Å². The van der Waals surface area contributed by atoms with Crippen molar-refractivity contribution in [2.75, 3.05) is 5.32 Å². The highest BCUT2D eigenvalue weighted by atomic mass is 35.5. The number of hydrogen-bond acceptors (Lipinski definition) is 7. The minimum absolute atomic E-state index is 0.0604. The third kappa shape index (κ3) is 3.47. The van der Waals surface area contributed by atoms with Gasteiger partial charge in [-0.15, -0.1) is 0 Å². The van der Waals surface area contributed by atoms with E-state index in [0.717, 1.165) is 37.0 Å². The number of ketones is 1. The van der Waals surface area contributed by atoms with E-state index >= 15 is 0 Å². The molecule has 134 valence electrons. The van der Waals surface area contributed by atoms with Crippen LogP contribution in [0.2, 0.25) is 5.15 Å². The second-order valence-corrected chi connectivity index (χ2v) is 7.40. The van der Waals surface area contributed by atoms with Gasteiger partial charge in [-0.3, -0.25) is 4.79 Å². The molecule has 4 rings (SSSR count). The lowest BCUT2D eigenvalue weighted by atomic mass is 10.1. The number of nitrogens with one attached hydrogen (secondary N) is 1. The maximum Gasteiger partial charge on any atom is 0.300 e. The SMILES string of the molecule is O=C(c1nc(C2CCCC2)no1)c1sc(Nc2ccc(F)cc2)nc1Cl. The van der Waals surface area contributed by atoms with Crippen molar-refractivity contribution >= 4 is 39.5 Å². The van der Waals surface area contributed by atoms with Crippen molar-refractivity contribution < 1.29 is 13.7 Å². The van der Waals surface area contributed by atoms with Gasteiger partial charge in [-0.1, -0.05) is 40.9 Å². The summed E-state index contributed by atoms with van der Waals surface area (Å²) < 4.78 is 18.1. The molecule has 0 amide bonds. The van der Waals surface area contributed by atoms with Crippen molar-refractivity contribution in [2.24, 2.45) is 0 Å². The normalized spacial score (nSPS) is 14.7. The third-order valence-electron chi connectivity index (χ3n) is 4.24. The number of benzene rings is 1. The molecule has 1 fully saturated rings. The maximum absolute atomic E-state index is 13.0. The molecule has 0 radical (unpaired) electrons. The maximum atomic E-state index is 13.0. The summed E-state index contributed by atoms with van der Waals surface area (Å²) in [6.45, 7) is 0. The lowest BCUT2D eigenvalue weighted by molar-refractivity contribution is 0.0997. The van der Waals surface area contributed by atoms with E-state index in [1.165, 1.54) is 12.1 Å². The number of anilines is 2. The molecule has 1 aliphatic carbocycles. The molecule has 1 saturated carbocycles. The lowest BCUT2D eigenvalue weighted by Crippen LogP contribution is -2.01. The van der Waals surface area contributed by atoms with Gasteiger partial charge in [0.25, 0.3) is 11.7 Å². The lowest BCUT2D eigenvalue weighted by Gasteiger charge is -2.00. The number of nitrogens with zero attached hydrogens (tertiary/aromatic N) is 3. The molecule has 2 aromatic heterocycles. The Balaban J connectivity index is 1.53. The molecule has 0 atom stereocenters. The van der Waals surface area contributed by atoms with E-state index in [1.54, 1.807) is 12.1 Å². The first kappa shape index (κ1) is 17.1. The Kier molecular flexibility index (Phi) is 4.69. The van der Waals surface area contributed by atoms with Gasteiger partial charge in [0.1, 0.15) is 10.7 Å². The molecule has 1 aliphatic rings. The van der Waals surface area contributed by atoms with Crippen LogP contribution >= 0.6 is 22.9 Å². The molecule has 0 aliphatic heterocycles. The summed E-state index contributed by atoms with van der Waals surface area (Å²) in [4.78, 5) is 21.2. The zero-order chi connectivity index (χ0) is 18.1. The average molecular weight is 393 g/mol. The van der Waals surface area contributed by atoms with Crippen LogP contribution in [0.5, 0.6) is 0 Å². The fraction of sp³-hybridized carbons (Fsp3) is 0.294. The summed E-state index contributed by atoms with van der Waals surface area (Å²) in [5.41, 5.74) is 0.636. The van der Waals surface area contributed by atoms with Crippen molar-refractivity contribution in [3.05, 3.63) is 51.8 Å². The Bertz CT molecular complexity index is 935. The highest BCUT2D eigenvalue weighted by Crippen LogP contribution is 2.34. The summed E-state index contributed by atoms with van der Waals surface area (Å²) in [6, 6.07) is 5.79. The number of aromatic nitrogens is 3. The fourth-order valence-electron chi connectivity index (χ4n) is 2.93. The molecule has 0 saturated heterocycles. The summed E-state index contributed by atoms with van der Waals surface area (Å²) >= 11 is 7.18. The predicted molar refractivity (Wildman–Crippen MR) is 95.7 cm³/mol. The van der Waals surface area contributed by atoms with E-state index in [9.17, 15) is 9.18 Å². The van der Waals surface area contributed by atoms with Crippen molar-refractivity contribution in [3.8, 4) is 0 Å². The Labute approximate surface area is 157 Å². The standard InChI is InChI=1S/C17H14ClFN4O2S/c18-14-13(26-17(21-14)20-11-7-5-10(19)6-8-11)12(24)16-22-15(23-25-16)9-3-1-2-4-9/h5-9H,1-4H2,(H,20,21). The van der Waals surface area contributed by atoms with E-state index in [4.69, 9.17) is 16.1 Å². The first-order valence-electron chi connectivity index (χ1n) is 8.17. The van der Waals surface area contributed by atoms with Crippen molar-refractivity contribution in [1.82, 2.24) is 15.1 Å². The zero-order valence-electron chi connectivity index (χ0n) is 13.5. The molecular formula is C17H14ClFN4O2S. The molecule has 0 bridgehead atoms. The second kappa shape index (κ2) is 7.13. The highest BCUT2D eigenvalue weighted by molar-refractivity contribution is 7.18. The summed E-state index contributed by atoms with van der Waals surface area (Å²) in [5, 5.41) is 7.40. The zero-order valence-corrected chi connectivity index (χ0v) is 15.1. The van der Waals surface area contributed by atoms with Crippen molar-refractivity contribution in [1.29, 1.82) is 0 Å². The predicted octanol–water partition coefficient (Wildman–Crippen LogP) is 4.95. The number of carbonyl (C=O) groups is 1. The van der Waals surface area contributed by atoms with Crippen LogP contribution in [0.15, 0.2) is 28.8 Å². The largest absolute Gasteiger partial charge is 0.331 e. The van der Waals surface area contributed by atoms with Crippen LogP contribution in [-0.2, 0) is 0 Å². The summed E-state index contributed by atoms with van der Waals surface area (Å²) in [7, 11) is 0. The van der Waals surface area contributed by atoms with E-state index < -0.39 is 5.78 Å². The Morgan fingerprint density at radius 3 is 2.69 bits per heavy atom. The van der Waals surface area contributed by atoms with Crippen LogP contribution in [0.4, 0.5) is 15.2 Å². The van der Waals surface area contributed by atoms with Crippen LogP contribution in [0.1, 0.15) is 53.0 Å². The molecule has 2 heterocycles. The van der Waals surface area contributed by atoms with E-state index in [-0.39, 0.29) is 27.7 Å². The van der Waals surface area contributed by atoms with Crippen LogP contribution in [0.25, 0.3) is 0 Å². The fourth-order valence-corrected chi connectivity index (χ4v) is 4.07. The van der Waals surface area contributed by atoms with Gasteiger partial charge in [0.05, 0.1) is 0 Å². The smallest absolute Gasteiger partial charge is 0.300 e. The van der Waals surface area contributed by atoms with Gasteiger partial charge in [-0.2, -0.15) is 4.98 Å². The minimum Gasteiger partial charge on any atom is -0.331 e. The van der Waals surface area contributed by atoms with Gasteiger partial charge >= 0.3 is 0 Å². The van der Waals surface area contributed by atoms with Crippen LogP contribution in [0, 0.1) is 5.82 Å². The molecular weight excluding hydrogens is 379 g/mol. The van der Waals surface area contributed by atoms with Gasteiger partial charge in [-0.05, 0) is 37.1 Å². The van der Waals surface area contributed by atoms with E-state index in [1.807, 2.05) is 0 Å². The second-order valence-electron chi connectivity index (χ2n) is 6.04. The van der Waals surface area contributed by atoms with E-state index in [2.05, 4.69) is 20.4 Å². The van der Waals surface area contributed by atoms with Gasteiger partial charge in [0, 0.05) is 11.6 Å². The molecule has 1 aromatic carbocycles. The Morgan fingerprint density at radius 2 is 1.96 bits per heavy atom. The number of rotatable bonds is 5. The molecule has 1 N–H and O–H groups in total. The van der Waals surface area contributed by atoms with Gasteiger partial charge in [-0.25, -0.2) is 9.37 Å². The number of hydrogen-bond donors (Lipinski definition) is 1. The Morgan fingerprint density at radius 1 is 1.23 bits per heavy atom. The quantitative estimate of drug-likeness (QED) is 0.618. The van der Waals surface area contributed by atoms with Gasteiger partial charge in [0.2, 0.25) is 0 Å². The number of carbonyl (C=O) groups excluding carboxylic acids is 1. The van der Waals surface area contributed by atoms with Gasteiger partial charge < -0.3 is 9.84 Å². The highest BCUT2D eigenvalue weighted by Gasteiger charge is 2.27. The van der Waals surface area contributed by atoms with Crippen molar-refractivity contribution in [3.63, 3.8) is 0 Å². The molecule has 26 heavy (non-hydrogen) atoms.